The van der Waals surface area contributed by atoms with Crippen LogP contribution < -0.4 is 14.8 Å². The van der Waals surface area contributed by atoms with E-state index in [1.807, 2.05) is 0 Å². The van der Waals surface area contributed by atoms with Crippen LogP contribution >= 0.6 is 23.5 Å². The van der Waals surface area contributed by atoms with Gasteiger partial charge in [-0.25, -0.2) is 0 Å². The second-order valence-corrected chi connectivity index (χ2v) is 11.1. The van der Waals surface area contributed by atoms with Crippen LogP contribution in [0.25, 0.3) is 0 Å². The van der Waals surface area contributed by atoms with E-state index in [1.54, 1.807) is 14.2 Å². The summed E-state index contributed by atoms with van der Waals surface area (Å²) < 4.78 is 11.1. The fraction of sp³-hybridized carbons (Fsp3) is 0.333. The Kier molecular flexibility index (Phi) is 6.40. The lowest BCUT2D eigenvalue weighted by atomic mass is 9.89. The molecule has 2 aliphatic heterocycles. The number of hydrogen-bond donors (Lipinski definition) is 1. The monoisotopic (exact) mass is 463 g/mol. The average molecular weight is 464 g/mol. The van der Waals surface area contributed by atoms with Crippen LogP contribution in [-0.2, 0) is 16.9 Å². The number of rotatable bonds is 6. The summed E-state index contributed by atoms with van der Waals surface area (Å²) in [7, 11) is 3.41. The predicted molar refractivity (Wildman–Crippen MR) is 136 cm³/mol. The minimum atomic E-state index is 0.0133. The van der Waals surface area contributed by atoms with Crippen LogP contribution in [0.2, 0.25) is 0 Å². The summed E-state index contributed by atoms with van der Waals surface area (Å²) in [5, 5.41) is 3.71. The maximum atomic E-state index is 5.57. The molecule has 3 aromatic carbocycles. The summed E-state index contributed by atoms with van der Waals surface area (Å²) in [5.74, 6) is 3.99. The van der Waals surface area contributed by atoms with Crippen molar-refractivity contribution in [2.45, 2.75) is 23.0 Å². The zero-order valence-corrected chi connectivity index (χ0v) is 20.2. The van der Waals surface area contributed by atoms with Crippen molar-refractivity contribution in [1.29, 1.82) is 0 Å². The highest BCUT2D eigenvalue weighted by molar-refractivity contribution is 8.20. The van der Waals surface area contributed by atoms with Crippen molar-refractivity contribution in [2.24, 2.45) is 0 Å². The first-order chi connectivity index (χ1) is 15.7. The molecule has 0 bridgehead atoms. The third-order valence-electron chi connectivity index (χ3n) is 6.43. The van der Waals surface area contributed by atoms with E-state index < -0.39 is 0 Å². The summed E-state index contributed by atoms with van der Waals surface area (Å²) in [4.78, 5) is 0. The lowest BCUT2D eigenvalue weighted by Gasteiger charge is -2.30. The molecule has 0 spiro atoms. The predicted octanol–water partition coefficient (Wildman–Crippen LogP) is 5.81. The summed E-state index contributed by atoms with van der Waals surface area (Å²) in [6, 6.07) is 24.8. The number of ether oxygens (including phenoxy) is 2. The Bertz CT molecular complexity index is 1060. The van der Waals surface area contributed by atoms with E-state index in [-0.39, 0.29) is 10.1 Å². The van der Waals surface area contributed by atoms with Gasteiger partial charge in [-0.2, -0.15) is 0 Å². The lowest BCUT2D eigenvalue weighted by Crippen LogP contribution is -2.31. The Hall–Kier alpha value is -2.08. The third-order valence-corrected chi connectivity index (χ3v) is 9.97. The van der Waals surface area contributed by atoms with Crippen molar-refractivity contribution in [3.05, 3.63) is 94.5 Å². The van der Waals surface area contributed by atoms with Crippen LogP contribution in [0.5, 0.6) is 11.5 Å². The Morgan fingerprint density at radius 3 is 2.22 bits per heavy atom. The fourth-order valence-corrected chi connectivity index (χ4v) is 8.10. The molecule has 1 saturated heterocycles. The number of nitrogens with one attached hydrogen (secondary N) is 1. The molecule has 0 aliphatic carbocycles. The van der Waals surface area contributed by atoms with Crippen LogP contribution in [0.15, 0.2) is 66.7 Å². The van der Waals surface area contributed by atoms with Gasteiger partial charge in [0.25, 0.3) is 0 Å². The van der Waals surface area contributed by atoms with E-state index in [0.717, 1.165) is 30.9 Å². The molecular weight excluding hydrogens is 434 g/mol. The molecule has 3 nitrogen and oxygen atoms in total. The molecule has 0 saturated carbocycles. The summed E-state index contributed by atoms with van der Waals surface area (Å²) in [6.07, 6.45) is 1.97. The van der Waals surface area contributed by atoms with E-state index in [2.05, 4.69) is 95.6 Å². The molecule has 166 valence electrons. The van der Waals surface area contributed by atoms with Crippen molar-refractivity contribution in [3.8, 4) is 11.5 Å². The molecule has 0 aromatic heterocycles. The number of benzene rings is 3. The van der Waals surface area contributed by atoms with Crippen molar-refractivity contribution >= 4 is 23.5 Å². The third kappa shape index (κ3) is 4.02. The van der Waals surface area contributed by atoms with Crippen molar-refractivity contribution in [1.82, 2.24) is 5.32 Å². The molecule has 0 amide bonds. The molecule has 1 atom stereocenters. The summed E-state index contributed by atoms with van der Waals surface area (Å²) in [5.41, 5.74) is 6.81. The van der Waals surface area contributed by atoms with Gasteiger partial charge in [-0.3, -0.25) is 0 Å². The fourth-order valence-electron chi connectivity index (χ4n) is 4.82. The first-order valence-electron chi connectivity index (χ1n) is 11.1. The number of fused-ring (bicyclic) bond motifs is 1. The lowest BCUT2D eigenvalue weighted by molar-refractivity contribution is 0.352. The van der Waals surface area contributed by atoms with E-state index in [1.165, 1.54) is 39.3 Å². The van der Waals surface area contributed by atoms with Gasteiger partial charge in [-0.15, -0.1) is 23.5 Å². The van der Waals surface area contributed by atoms with Gasteiger partial charge in [-0.1, -0.05) is 54.6 Å². The van der Waals surface area contributed by atoms with E-state index >= 15 is 0 Å². The number of hydrogen-bond acceptors (Lipinski definition) is 5. The van der Waals surface area contributed by atoms with Crippen molar-refractivity contribution in [2.75, 3.05) is 32.3 Å². The number of methoxy groups -OCH3 is 2. The molecule has 1 N–H and O–H groups in total. The van der Waals surface area contributed by atoms with Crippen LogP contribution in [-0.4, -0.2) is 32.3 Å². The largest absolute Gasteiger partial charge is 0.493 e. The average Bonchev–Trinajstić information content (AvgIpc) is 3.36. The van der Waals surface area contributed by atoms with Crippen LogP contribution in [0.4, 0.5) is 0 Å². The van der Waals surface area contributed by atoms with E-state index in [4.69, 9.17) is 9.47 Å². The molecule has 32 heavy (non-hydrogen) atoms. The normalized spacial score (nSPS) is 19.4. The standard InChI is InChI=1S/C27H29NO2S2/c1-29-25-17-20-12-13-28-24(23(20)18-26(25)30-2)16-19-8-10-22(11-9-19)27(31-14-15-32-27)21-6-4-3-5-7-21/h3-11,17-18,24,28H,12-16H2,1-2H3. The first kappa shape index (κ1) is 21.7. The second-order valence-electron chi connectivity index (χ2n) is 8.24. The zero-order valence-electron chi connectivity index (χ0n) is 18.6. The second kappa shape index (κ2) is 9.42. The van der Waals surface area contributed by atoms with Gasteiger partial charge in [0.1, 0.15) is 4.08 Å². The van der Waals surface area contributed by atoms with Gasteiger partial charge < -0.3 is 14.8 Å². The highest BCUT2D eigenvalue weighted by Gasteiger charge is 2.39. The SMILES string of the molecule is COc1cc2c(cc1OC)C(Cc1ccc(C3(c4ccccc4)SCCS3)cc1)NCC2. The molecule has 1 unspecified atom stereocenters. The van der Waals surface area contributed by atoms with Gasteiger partial charge in [0.2, 0.25) is 0 Å². The Morgan fingerprint density at radius 1 is 0.875 bits per heavy atom. The van der Waals surface area contributed by atoms with Crippen LogP contribution in [0.3, 0.4) is 0 Å². The number of thioether (sulfide) groups is 2. The van der Waals surface area contributed by atoms with Gasteiger partial charge in [0, 0.05) is 17.5 Å². The van der Waals surface area contributed by atoms with Crippen LogP contribution in [0, 0.1) is 0 Å². The molecule has 3 aromatic rings. The zero-order chi connectivity index (χ0) is 22.0. The topological polar surface area (TPSA) is 30.5 Å². The Morgan fingerprint density at radius 2 is 1.53 bits per heavy atom. The van der Waals surface area contributed by atoms with E-state index in [9.17, 15) is 0 Å². The molecule has 5 rings (SSSR count). The highest BCUT2D eigenvalue weighted by atomic mass is 32.2. The molecule has 1 fully saturated rings. The quantitative estimate of drug-likeness (QED) is 0.498. The van der Waals surface area contributed by atoms with E-state index in [0.29, 0.717) is 0 Å². The molecule has 2 heterocycles. The minimum Gasteiger partial charge on any atom is -0.493 e. The van der Waals surface area contributed by atoms with Crippen LogP contribution in [0.1, 0.15) is 33.9 Å². The minimum absolute atomic E-state index is 0.0133. The smallest absolute Gasteiger partial charge is 0.161 e. The van der Waals surface area contributed by atoms with Crippen molar-refractivity contribution < 1.29 is 9.47 Å². The first-order valence-corrected chi connectivity index (χ1v) is 13.1. The maximum Gasteiger partial charge on any atom is 0.161 e. The summed E-state index contributed by atoms with van der Waals surface area (Å²) in [6.45, 7) is 0.982. The molecular formula is C27H29NO2S2. The van der Waals surface area contributed by atoms with Crippen molar-refractivity contribution in [3.63, 3.8) is 0 Å². The van der Waals surface area contributed by atoms with Gasteiger partial charge >= 0.3 is 0 Å². The molecule has 0 radical (unpaired) electrons. The summed E-state index contributed by atoms with van der Waals surface area (Å²) >= 11 is 4.12. The Labute approximate surface area is 199 Å². The maximum absolute atomic E-state index is 5.57. The highest BCUT2D eigenvalue weighted by Crippen LogP contribution is 2.56. The molecule has 5 heteroatoms. The van der Waals surface area contributed by atoms with Gasteiger partial charge in [0.05, 0.1) is 14.2 Å². The van der Waals surface area contributed by atoms with Gasteiger partial charge in [-0.05, 0) is 59.3 Å². The Balaban J connectivity index is 1.41. The molecule has 2 aliphatic rings. The van der Waals surface area contributed by atoms with Gasteiger partial charge in [0.15, 0.2) is 11.5 Å².